The molecular formula is C6H10O2S6. The molecule has 82 valence electrons. The predicted octanol–water partition coefficient (Wildman–Crippen LogP) is 3.52. The molecule has 0 N–H and O–H groups in total. The quantitative estimate of drug-likeness (QED) is 0.348. The average molecular weight is 307 g/mol. The van der Waals surface area contributed by atoms with Crippen LogP contribution in [0.5, 0.6) is 0 Å². The Morgan fingerprint density at radius 2 is 1.29 bits per heavy atom. The van der Waals surface area contributed by atoms with Crippen molar-refractivity contribution in [3.63, 3.8) is 0 Å². The van der Waals surface area contributed by atoms with Crippen LogP contribution in [-0.2, 0) is 9.47 Å². The van der Waals surface area contributed by atoms with Crippen LogP contribution >= 0.6 is 71.3 Å². The highest BCUT2D eigenvalue weighted by Crippen LogP contribution is 2.32. The third-order valence-electron chi connectivity index (χ3n) is 0.860. The molecule has 0 aliphatic carbocycles. The van der Waals surface area contributed by atoms with E-state index in [1.807, 2.05) is 13.8 Å². The summed E-state index contributed by atoms with van der Waals surface area (Å²) >= 11 is 17.1. The number of rotatable bonds is 5. The molecule has 0 aliphatic heterocycles. The van der Waals surface area contributed by atoms with Crippen LogP contribution in [0.2, 0.25) is 0 Å². The molecule has 14 heavy (non-hydrogen) atoms. The molecule has 0 amide bonds. The summed E-state index contributed by atoms with van der Waals surface area (Å²) in [6.45, 7) is 3.76. The van der Waals surface area contributed by atoms with Crippen molar-refractivity contribution in [2.45, 2.75) is 24.7 Å². The van der Waals surface area contributed by atoms with Crippen LogP contribution in [0.15, 0.2) is 0 Å². The maximum Gasteiger partial charge on any atom is 0.217 e. The van der Waals surface area contributed by atoms with Crippen LogP contribution in [0.4, 0.5) is 0 Å². The topological polar surface area (TPSA) is 18.5 Å². The molecular weight excluding hydrogens is 296 g/mol. The number of thiol groups is 2. The Morgan fingerprint density at radius 1 is 1.00 bits per heavy atom. The highest BCUT2D eigenvalue weighted by molar-refractivity contribution is 8.77. The minimum absolute atomic E-state index is 0.0652. The molecule has 0 heterocycles. The maximum atomic E-state index is 5.14. The molecule has 0 aromatic rings. The van der Waals surface area contributed by atoms with E-state index in [0.717, 1.165) is 0 Å². The summed E-state index contributed by atoms with van der Waals surface area (Å²) in [6.07, 6.45) is 0. The molecule has 0 fully saturated rings. The van der Waals surface area contributed by atoms with Crippen molar-refractivity contribution in [3.8, 4) is 0 Å². The van der Waals surface area contributed by atoms with Gasteiger partial charge in [0.2, 0.25) is 8.77 Å². The van der Waals surface area contributed by atoms with Crippen LogP contribution < -0.4 is 0 Å². The van der Waals surface area contributed by atoms with E-state index in [1.54, 1.807) is 0 Å². The van der Waals surface area contributed by atoms with Crippen molar-refractivity contribution in [1.82, 2.24) is 0 Å². The highest BCUT2D eigenvalue weighted by Gasteiger charge is 2.10. The lowest BCUT2D eigenvalue weighted by Gasteiger charge is -2.15. The molecule has 0 rings (SSSR count). The molecule has 8 heteroatoms. The van der Waals surface area contributed by atoms with Crippen LogP contribution in [0.1, 0.15) is 13.8 Å². The fraction of sp³-hybridized carbons (Fsp3) is 0.667. The fourth-order valence-corrected chi connectivity index (χ4v) is 3.11. The normalized spacial score (nSPS) is 14.3. The highest BCUT2D eigenvalue weighted by atomic mass is 33.1. The Hall–Kier alpha value is 1.18. The first-order valence-corrected chi connectivity index (χ1v) is 7.51. The maximum absolute atomic E-state index is 5.14. The van der Waals surface area contributed by atoms with Gasteiger partial charge in [-0.05, 0) is 59.9 Å². The smallest absolute Gasteiger partial charge is 0.217 e. The molecule has 0 spiro atoms. The minimum atomic E-state index is -0.0652. The van der Waals surface area contributed by atoms with E-state index >= 15 is 0 Å². The summed E-state index contributed by atoms with van der Waals surface area (Å²) in [6, 6.07) is 0. The van der Waals surface area contributed by atoms with Gasteiger partial charge in [-0.15, -0.1) is 0 Å². The van der Waals surface area contributed by atoms with Gasteiger partial charge in [0.1, 0.15) is 0 Å². The zero-order chi connectivity index (χ0) is 11.1. The molecule has 0 aromatic carbocycles. The van der Waals surface area contributed by atoms with Gasteiger partial charge < -0.3 is 9.47 Å². The molecule has 0 saturated heterocycles. The summed E-state index contributed by atoms with van der Waals surface area (Å²) in [4.78, 5) is 0. The third kappa shape index (κ3) is 9.72. The van der Waals surface area contributed by atoms with Crippen molar-refractivity contribution in [1.29, 1.82) is 0 Å². The van der Waals surface area contributed by atoms with E-state index in [1.165, 1.54) is 21.6 Å². The van der Waals surface area contributed by atoms with E-state index in [0.29, 0.717) is 0 Å². The second kappa shape index (κ2) is 8.35. The Balaban J connectivity index is 3.60. The average Bonchev–Trinajstić information content (AvgIpc) is 1.98. The molecule has 2 nitrogen and oxygen atoms in total. The molecule has 0 aromatic heterocycles. The first kappa shape index (κ1) is 15.2. The second-order valence-electron chi connectivity index (χ2n) is 2.10. The van der Waals surface area contributed by atoms with Gasteiger partial charge in [-0.3, -0.25) is 0 Å². The second-order valence-corrected chi connectivity index (χ2v) is 7.12. The first-order valence-electron chi connectivity index (χ1n) is 3.53. The lowest BCUT2D eigenvalue weighted by atomic mass is 10.9. The Kier molecular flexibility index (Phi) is 9.05. The number of thiocarbonyl (C=S) groups is 2. The molecule has 0 bridgehead atoms. The lowest BCUT2D eigenvalue weighted by Crippen LogP contribution is -2.07. The van der Waals surface area contributed by atoms with Crippen LogP contribution in [0, 0.1) is 0 Å². The van der Waals surface area contributed by atoms with Gasteiger partial charge in [-0.25, -0.2) is 0 Å². The number of hydrogen-bond acceptors (Lipinski definition) is 6. The van der Waals surface area contributed by atoms with Gasteiger partial charge >= 0.3 is 0 Å². The van der Waals surface area contributed by atoms with Gasteiger partial charge in [-0.1, -0.05) is 25.3 Å². The van der Waals surface area contributed by atoms with Crippen molar-refractivity contribution in [2.75, 3.05) is 0 Å². The van der Waals surface area contributed by atoms with Crippen LogP contribution in [0.3, 0.4) is 0 Å². The summed E-state index contributed by atoms with van der Waals surface area (Å²) in [5, 5.41) is 0. The molecule has 0 saturated carbocycles. The molecule has 2 atom stereocenters. The lowest BCUT2D eigenvalue weighted by molar-refractivity contribution is 0.309. The van der Waals surface area contributed by atoms with Gasteiger partial charge in [0.05, 0.1) is 0 Å². The van der Waals surface area contributed by atoms with Crippen molar-refractivity contribution < 1.29 is 9.47 Å². The Bertz CT molecular complexity index is 186. The van der Waals surface area contributed by atoms with Crippen LogP contribution in [0.25, 0.3) is 0 Å². The van der Waals surface area contributed by atoms with Gasteiger partial charge in [-0.2, -0.15) is 0 Å². The van der Waals surface area contributed by atoms with Gasteiger partial charge in [0, 0.05) is 0 Å². The van der Waals surface area contributed by atoms with E-state index in [4.69, 9.17) is 9.47 Å². The molecule has 2 unspecified atom stereocenters. The van der Waals surface area contributed by atoms with Gasteiger partial charge in [0.15, 0.2) is 10.9 Å². The van der Waals surface area contributed by atoms with E-state index in [2.05, 4.69) is 49.7 Å². The zero-order valence-corrected chi connectivity index (χ0v) is 12.6. The predicted molar refractivity (Wildman–Crippen MR) is 79.4 cm³/mol. The fourth-order valence-electron chi connectivity index (χ4n) is 0.480. The van der Waals surface area contributed by atoms with E-state index < -0.39 is 0 Å². The zero-order valence-electron chi connectivity index (χ0n) is 7.50. The van der Waals surface area contributed by atoms with Crippen molar-refractivity contribution in [2.24, 2.45) is 0 Å². The standard InChI is InChI=1S/C6H10O2S6/c1-3(7-5(9)10)13-14-4(2)8-6(11)12/h3-4H,1-2H3,(H,9,10)(H,11,12). The van der Waals surface area contributed by atoms with Crippen molar-refractivity contribution >= 4 is 80.0 Å². The largest absolute Gasteiger partial charge is 0.464 e. The van der Waals surface area contributed by atoms with Crippen LogP contribution in [-0.4, -0.2) is 19.6 Å². The summed E-state index contributed by atoms with van der Waals surface area (Å²) in [5.41, 5.74) is -0.130. The Morgan fingerprint density at radius 3 is 1.50 bits per heavy atom. The summed E-state index contributed by atoms with van der Waals surface area (Å²) in [5.74, 6) is 0. The van der Waals surface area contributed by atoms with Gasteiger partial charge in [0.25, 0.3) is 0 Å². The summed E-state index contributed by atoms with van der Waals surface area (Å²) in [7, 11) is 2.99. The summed E-state index contributed by atoms with van der Waals surface area (Å²) < 4.78 is 10.8. The minimum Gasteiger partial charge on any atom is -0.464 e. The SMILES string of the molecule is CC(OC(=S)S)SSC(C)OC(=S)S. The Labute approximate surface area is 113 Å². The van der Waals surface area contributed by atoms with E-state index in [-0.39, 0.29) is 19.6 Å². The molecule has 0 aliphatic rings. The molecule has 0 radical (unpaired) electrons. The number of ether oxygens (including phenoxy) is 2. The van der Waals surface area contributed by atoms with E-state index in [9.17, 15) is 0 Å². The third-order valence-corrected chi connectivity index (χ3v) is 4.07. The monoisotopic (exact) mass is 306 g/mol. The number of hydrogen-bond donors (Lipinski definition) is 2. The first-order chi connectivity index (χ1) is 6.41. The van der Waals surface area contributed by atoms with Crippen molar-refractivity contribution in [3.05, 3.63) is 0 Å².